The van der Waals surface area contributed by atoms with E-state index in [0.29, 0.717) is 4.88 Å². The Bertz CT molecular complexity index is 950. The highest BCUT2D eigenvalue weighted by molar-refractivity contribution is 7.90. The number of thiophene rings is 1. The number of ether oxygens (including phenoxy) is 3. The maximum atomic E-state index is 12.5. The van der Waals surface area contributed by atoms with Crippen LogP contribution in [0.3, 0.4) is 0 Å². The number of carbonyl (C=O) groups excluding carboxylic acids is 2. The van der Waals surface area contributed by atoms with Crippen LogP contribution in [0.5, 0.6) is 11.8 Å². The van der Waals surface area contributed by atoms with Crippen LogP contribution in [0.25, 0.3) is 0 Å². The van der Waals surface area contributed by atoms with Crippen LogP contribution >= 0.6 is 11.3 Å². The minimum Gasteiger partial charge on any atom is -0.481 e. The molecule has 0 aliphatic rings. The van der Waals surface area contributed by atoms with E-state index in [1.165, 1.54) is 32.6 Å². The van der Waals surface area contributed by atoms with E-state index in [2.05, 4.69) is 20.0 Å². The van der Waals surface area contributed by atoms with Crippen LogP contribution in [0.2, 0.25) is 0 Å². The molecule has 0 aliphatic carbocycles. The first kappa shape index (κ1) is 20.4. The van der Waals surface area contributed by atoms with E-state index < -0.39 is 22.0 Å². The highest BCUT2D eigenvalue weighted by Gasteiger charge is 2.29. The average Bonchev–Trinajstić information content (AvgIpc) is 3.02. The zero-order chi connectivity index (χ0) is 20.2. The number of amides is 2. The molecule has 0 saturated carbocycles. The normalized spacial score (nSPS) is 10.8. The van der Waals surface area contributed by atoms with Crippen LogP contribution in [0, 0.1) is 6.92 Å². The predicted octanol–water partition coefficient (Wildman–Crippen LogP) is 1.16. The van der Waals surface area contributed by atoms with Crippen molar-refractivity contribution in [3.8, 4) is 11.8 Å². The summed E-state index contributed by atoms with van der Waals surface area (Å²) >= 11 is 1.03. The zero-order valence-corrected chi connectivity index (χ0v) is 16.4. The maximum Gasteiger partial charge on any atom is 0.340 e. The van der Waals surface area contributed by atoms with E-state index in [1.54, 1.807) is 4.72 Å². The summed E-state index contributed by atoms with van der Waals surface area (Å²) in [5, 5.41) is 3.50. The summed E-state index contributed by atoms with van der Waals surface area (Å²) in [7, 11) is -0.528. The zero-order valence-electron chi connectivity index (χ0n) is 14.7. The minimum absolute atomic E-state index is 0.0988. The molecule has 146 valence electrons. The van der Waals surface area contributed by atoms with Gasteiger partial charge in [-0.2, -0.15) is 9.97 Å². The second-order valence-corrected chi connectivity index (χ2v) is 7.57. The first-order chi connectivity index (χ1) is 12.7. The Hall–Kier alpha value is -2.93. The molecule has 0 atom stereocenters. The lowest BCUT2D eigenvalue weighted by Gasteiger charge is -2.10. The number of hydrogen-bond acceptors (Lipinski definition) is 10. The fourth-order valence-corrected chi connectivity index (χ4v) is 4.48. The molecule has 0 radical (unpaired) electrons. The number of methoxy groups -OCH3 is 3. The quantitative estimate of drug-likeness (QED) is 0.662. The number of aryl methyl sites for hydroxylation is 1. The Labute approximate surface area is 158 Å². The second-order valence-electron chi connectivity index (χ2n) is 4.86. The van der Waals surface area contributed by atoms with Crippen molar-refractivity contribution in [3.05, 3.63) is 21.9 Å². The van der Waals surface area contributed by atoms with Gasteiger partial charge in [-0.3, -0.25) is 5.32 Å². The Morgan fingerprint density at radius 3 is 2.22 bits per heavy atom. The van der Waals surface area contributed by atoms with Crippen LogP contribution < -0.4 is 19.5 Å². The van der Waals surface area contributed by atoms with E-state index in [0.717, 1.165) is 18.4 Å². The smallest absolute Gasteiger partial charge is 0.340 e. The molecule has 13 heteroatoms. The van der Waals surface area contributed by atoms with E-state index in [4.69, 9.17) is 9.47 Å². The summed E-state index contributed by atoms with van der Waals surface area (Å²) in [6, 6.07) is 0.240. The molecule has 0 saturated heterocycles. The van der Waals surface area contributed by atoms with Gasteiger partial charge in [0.1, 0.15) is 4.90 Å². The van der Waals surface area contributed by atoms with Gasteiger partial charge in [-0.1, -0.05) is 0 Å². The summed E-state index contributed by atoms with van der Waals surface area (Å²) in [5.74, 6) is -0.876. The molecule has 0 unspecified atom stereocenters. The van der Waals surface area contributed by atoms with E-state index in [1.807, 2.05) is 0 Å². The van der Waals surface area contributed by atoms with Gasteiger partial charge in [-0.05, 0) is 6.92 Å². The van der Waals surface area contributed by atoms with E-state index in [-0.39, 0.29) is 28.2 Å². The van der Waals surface area contributed by atoms with Gasteiger partial charge in [0.15, 0.2) is 0 Å². The van der Waals surface area contributed by atoms with Crippen LogP contribution in [0.15, 0.2) is 16.3 Å². The SMILES string of the molecule is COC(=O)c1csc(C)c1S(=O)(=O)NC(=O)Nc1nc(OC)cc(OC)n1. The molecule has 27 heavy (non-hydrogen) atoms. The topological polar surface area (TPSA) is 146 Å². The van der Waals surface area contributed by atoms with Gasteiger partial charge < -0.3 is 14.2 Å². The Morgan fingerprint density at radius 2 is 1.70 bits per heavy atom. The fraction of sp³-hybridized carbons (Fsp3) is 0.286. The number of urea groups is 1. The van der Waals surface area contributed by atoms with Gasteiger partial charge in [0.25, 0.3) is 10.0 Å². The van der Waals surface area contributed by atoms with Crippen molar-refractivity contribution >= 4 is 39.3 Å². The second kappa shape index (κ2) is 8.18. The van der Waals surface area contributed by atoms with Crippen molar-refractivity contribution in [2.75, 3.05) is 26.6 Å². The lowest BCUT2D eigenvalue weighted by Crippen LogP contribution is -2.35. The number of aromatic nitrogens is 2. The molecule has 2 aromatic rings. The number of carbonyl (C=O) groups is 2. The third kappa shape index (κ3) is 4.62. The van der Waals surface area contributed by atoms with Crippen LogP contribution in [0.4, 0.5) is 10.7 Å². The molecule has 11 nitrogen and oxygen atoms in total. The minimum atomic E-state index is -4.35. The summed E-state index contributed by atoms with van der Waals surface area (Å²) in [5.41, 5.74) is -0.167. The predicted molar refractivity (Wildman–Crippen MR) is 94.9 cm³/mol. The number of nitrogens with one attached hydrogen (secondary N) is 2. The van der Waals surface area contributed by atoms with E-state index in [9.17, 15) is 18.0 Å². The third-order valence-electron chi connectivity index (χ3n) is 3.14. The van der Waals surface area contributed by atoms with Crippen molar-refractivity contribution in [1.29, 1.82) is 0 Å². The monoisotopic (exact) mass is 416 g/mol. The molecule has 0 aromatic carbocycles. The molecule has 2 rings (SSSR count). The van der Waals surface area contributed by atoms with Crippen molar-refractivity contribution < 1.29 is 32.2 Å². The number of hydrogen-bond donors (Lipinski definition) is 2. The summed E-state index contributed by atoms with van der Waals surface area (Å²) in [6.07, 6.45) is 0. The van der Waals surface area contributed by atoms with Crippen molar-refractivity contribution in [2.24, 2.45) is 0 Å². The van der Waals surface area contributed by atoms with Gasteiger partial charge in [-0.15, -0.1) is 11.3 Å². The third-order valence-corrected chi connectivity index (χ3v) is 5.70. The number of sulfonamides is 1. The number of nitrogens with zero attached hydrogens (tertiary/aromatic N) is 2. The van der Waals surface area contributed by atoms with E-state index >= 15 is 0 Å². The Morgan fingerprint density at radius 1 is 1.11 bits per heavy atom. The Kier molecular flexibility index (Phi) is 6.17. The number of rotatable bonds is 6. The van der Waals surface area contributed by atoms with Crippen LogP contribution in [0.1, 0.15) is 15.2 Å². The van der Waals surface area contributed by atoms with Crippen LogP contribution in [-0.4, -0.2) is 51.7 Å². The first-order valence-corrected chi connectivity index (χ1v) is 9.55. The van der Waals surface area contributed by atoms with Gasteiger partial charge in [0, 0.05) is 10.3 Å². The van der Waals surface area contributed by atoms with Gasteiger partial charge in [0.2, 0.25) is 17.7 Å². The van der Waals surface area contributed by atoms with Crippen molar-refractivity contribution in [3.63, 3.8) is 0 Å². The molecule has 0 bridgehead atoms. The molecule has 0 aliphatic heterocycles. The average molecular weight is 416 g/mol. The maximum absolute atomic E-state index is 12.5. The van der Waals surface area contributed by atoms with Crippen molar-refractivity contribution in [1.82, 2.24) is 14.7 Å². The number of anilines is 1. The molecule has 2 amide bonds. The van der Waals surface area contributed by atoms with Crippen molar-refractivity contribution in [2.45, 2.75) is 11.8 Å². The number of esters is 1. The van der Waals surface area contributed by atoms with Crippen LogP contribution in [-0.2, 0) is 14.8 Å². The molecule has 2 heterocycles. The molecular weight excluding hydrogens is 400 g/mol. The lowest BCUT2D eigenvalue weighted by molar-refractivity contribution is 0.0597. The standard InChI is InChI=1S/C14H16N4O7S2/c1-7-11(8(6-26-7)12(19)25-4)27(21,22)18-14(20)17-13-15-9(23-2)5-10(16-13)24-3/h5-6H,1-4H3,(H2,15,16,17,18,20). The molecule has 0 spiro atoms. The molecule has 2 N–H and O–H groups in total. The largest absolute Gasteiger partial charge is 0.481 e. The highest BCUT2D eigenvalue weighted by Crippen LogP contribution is 2.27. The molecular formula is C14H16N4O7S2. The summed E-state index contributed by atoms with van der Waals surface area (Å²) in [6.45, 7) is 1.50. The summed E-state index contributed by atoms with van der Waals surface area (Å²) < 4.78 is 41.3. The fourth-order valence-electron chi connectivity index (χ4n) is 2.00. The lowest BCUT2D eigenvalue weighted by atomic mass is 10.3. The van der Waals surface area contributed by atoms with Gasteiger partial charge in [0.05, 0.1) is 33.0 Å². The highest BCUT2D eigenvalue weighted by atomic mass is 32.2. The Balaban J connectivity index is 2.26. The van der Waals surface area contributed by atoms with Gasteiger partial charge in [-0.25, -0.2) is 22.7 Å². The van der Waals surface area contributed by atoms with Gasteiger partial charge >= 0.3 is 12.0 Å². The molecule has 2 aromatic heterocycles. The molecule has 0 fully saturated rings. The first-order valence-electron chi connectivity index (χ1n) is 7.19. The summed E-state index contributed by atoms with van der Waals surface area (Å²) in [4.78, 5) is 31.6.